The minimum atomic E-state index is -0.181. The third-order valence-corrected chi connectivity index (χ3v) is 2.90. The van der Waals surface area contributed by atoms with Crippen molar-refractivity contribution in [3.05, 3.63) is 32.6 Å². The molecule has 0 fully saturated rings. The van der Waals surface area contributed by atoms with Gasteiger partial charge < -0.3 is 0 Å². The molecular formula is C14H24N2O2. The lowest BCUT2D eigenvalue weighted by Gasteiger charge is -2.14. The Bertz CT molecular complexity index is 510. The molecular weight excluding hydrogens is 228 g/mol. The van der Waals surface area contributed by atoms with Gasteiger partial charge in [0.2, 0.25) is 0 Å². The van der Waals surface area contributed by atoms with E-state index >= 15 is 0 Å². The first kappa shape index (κ1) is 14.7. The zero-order chi connectivity index (χ0) is 13.9. The molecule has 0 aliphatic carbocycles. The van der Waals surface area contributed by atoms with Crippen molar-refractivity contribution in [2.45, 2.75) is 54.1 Å². The van der Waals surface area contributed by atoms with Gasteiger partial charge in [-0.25, -0.2) is 4.79 Å². The van der Waals surface area contributed by atoms with Crippen molar-refractivity contribution in [2.24, 2.45) is 11.8 Å². The SMILES string of the molecule is Cc1cn(CC(C)C)c(=O)n(CCC(C)C)c1=O. The number of rotatable bonds is 5. The highest BCUT2D eigenvalue weighted by Gasteiger charge is 2.10. The van der Waals surface area contributed by atoms with Crippen molar-refractivity contribution < 1.29 is 0 Å². The van der Waals surface area contributed by atoms with Crippen LogP contribution in [0.2, 0.25) is 0 Å². The van der Waals surface area contributed by atoms with E-state index in [1.54, 1.807) is 17.7 Å². The molecule has 0 N–H and O–H groups in total. The lowest BCUT2D eigenvalue weighted by molar-refractivity contribution is 0.445. The summed E-state index contributed by atoms with van der Waals surface area (Å²) < 4.78 is 3.03. The maximum atomic E-state index is 12.2. The van der Waals surface area contributed by atoms with Gasteiger partial charge in [0.05, 0.1) is 0 Å². The van der Waals surface area contributed by atoms with Crippen LogP contribution in [0.4, 0.5) is 0 Å². The summed E-state index contributed by atoms with van der Waals surface area (Å²) in [5, 5.41) is 0. The van der Waals surface area contributed by atoms with Crippen LogP contribution in [0.15, 0.2) is 15.8 Å². The van der Waals surface area contributed by atoms with Gasteiger partial charge in [-0.3, -0.25) is 13.9 Å². The van der Waals surface area contributed by atoms with E-state index in [2.05, 4.69) is 27.7 Å². The number of nitrogens with zero attached hydrogens (tertiary/aromatic N) is 2. The smallest absolute Gasteiger partial charge is 0.300 e. The molecule has 0 saturated carbocycles. The van der Waals surface area contributed by atoms with E-state index in [1.807, 2.05) is 0 Å². The monoisotopic (exact) mass is 252 g/mol. The van der Waals surface area contributed by atoms with Crippen LogP contribution in [0.3, 0.4) is 0 Å². The molecule has 1 aromatic heterocycles. The number of aryl methyl sites for hydroxylation is 1. The highest BCUT2D eigenvalue weighted by atomic mass is 16.2. The molecule has 0 aromatic carbocycles. The van der Waals surface area contributed by atoms with E-state index in [0.717, 1.165) is 6.42 Å². The van der Waals surface area contributed by atoms with Crippen molar-refractivity contribution in [1.29, 1.82) is 0 Å². The van der Waals surface area contributed by atoms with Crippen LogP contribution in [-0.4, -0.2) is 9.13 Å². The Morgan fingerprint density at radius 3 is 2.22 bits per heavy atom. The minimum absolute atomic E-state index is 0.152. The van der Waals surface area contributed by atoms with Gasteiger partial charge in [-0.05, 0) is 25.2 Å². The molecule has 1 heterocycles. The summed E-state index contributed by atoms with van der Waals surface area (Å²) in [6, 6.07) is 0. The van der Waals surface area contributed by atoms with Crippen molar-refractivity contribution in [3.63, 3.8) is 0 Å². The molecule has 0 saturated heterocycles. The van der Waals surface area contributed by atoms with Gasteiger partial charge in [-0.2, -0.15) is 0 Å². The first-order chi connectivity index (χ1) is 8.32. The van der Waals surface area contributed by atoms with Crippen LogP contribution < -0.4 is 11.2 Å². The van der Waals surface area contributed by atoms with E-state index in [-0.39, 0.29) is 11.2 Å². The van der Waals surface area contributed by atoms with E-state index in [4.69, 9.17) is 0 Å². The Morgan fingerprint density at radius 1 is 1.11 bits per heavy atom. The maximum Gasteiger partial charge on any atom is 0.330 e. The lowest BCUT2D eigenvalue weighted by Crippen LogP contribution is -2.41. The van der Waals surface area contributed by atoms with E-state index < -0.39 is 0 Å². The molecule has 0 aliphatic rings. The van der Waals surface area contributed by atoms with Crippen LogP contribution in [0.1, 0.15) is 39.7 Å². The number of hydrogen-bond acceptors (Lipinski definition) is 2. The summed E-state index contributed by atoms with van der Waals surface area (Å²) in [6.07, 6.45) is 2.52. The Balaban J connectivity index is 3.19. The van der Waals surface area contributed by atoms with Gasteiger partial charge in [0.15, 0.2) is 0 Å². The molecule has 4 nitrogen and oxygen atoms in total. The topological polar surface area (TPSA) is 44.0 Å². The second-order valence-electron chi connectivity index (χ2n) is 5.78. The third-order valence-electron chi connectivity index (χ3n) is 2.90. The van der Waals surface area contributed by atoms with Crippen molar-refractivity contribution >= 4 is 0 Å². The fourth-order valence-corrected chi connectivity index (χ4v) is 1.91. The van der Waals surface area contributed by atoms with Gasteiger partial charge in [-0.1, -0.05) is 27.7 Å². The standard InChI is InChI=1S/C14H24N2O2/c1-10(2)6-7-16-13(17)12(5)9-15(14(16)18)8-11(3)4/h9-11H,6-8H2,1-5H3. The van der Waals surface area contributed by atoms with Gasteiger partial charge in [-0.15, -0.1) is 0 Å². The van der Waals surface area contributed by atoms with Crippen LogP contribution in [0.25, 0.3) is 0 Å². The Morgan fingerprint density at radius 2 is 1.72 bits per heavy atom. The molecule has 102 valence electrons. The predicted molar refractivity (Wildman–Crippen MR) is 74.0 cm³/mol. The zero-order valence-corrected chi connectivity index (χ0v) is 12.1. The van der Waals surface area contributed by atoms with Gasteiger partial charge in [0, 0.05) is 24.8 Å². The summed E-state index contributed by atoms with van der Waals surface area (Å²) in [5.41, 5.74) is 0.305. The fourth-order valence-electron chi connectivity index (χ4n) is 1.91. The van der Waals surface area contributed by atoms with Crippen LogP contribution in [0.5, 0.6) is 0 Å². The highest BCUT2D eigenvalue weighted by Crippen LogP contribution is 2.01. The van der Waals surface area contributed by atoms with Gasteiger partial charge in [0.1, 0.15) is 0 Å². The van der Waals surface area contributed by atoms with Gasteiger partial charge >= 0.3 is 5.69 Å². The average molecular weight is 252 g/mol. The van der Waals surface area contributed by atoms with Crippen molar-refractivity contribution in [1.82, 2.24) is 9.13 Å². The van der Waals surface area contributed by atoms with Crippen LogP contribution >= 0.6 is 0 Å². The summed E-state index contributed by atoms with van der Waals surface area (Å²) in [7, 11) is 0. The second kappa shape index (κ2) is 6.03. The largest absolute Gasteiger partial charge is 0.330 e. The first-order valence-electron chi connectivity index (χ1n) is 6.63. The molecule has 0 atom stereocenters. The molecule has 1 rings (SSSR count). The normalized spacial score (nSPS) is 11.5. The van der Waals surface area contributed by atoms with Crippen molar-refractivity contribution in [3.8, 4) is 0 Å². The third kappa shape index (κ3) is 3.59. The molecule has 0 aliphatic heterocycles. The van der Waals surface area contributed by atoms with E-state index in [0.29, 0.717) is 30.5 Å². The van der Waals surface area contributed by atoms with E-state index in [9.17, 15) is 9.59 Å². The lowest BCUT2D eigenvalue weighted by atomic mass is 10.1. The molecule has 18 heavy (non-hydrogen) atoms. The molecule has 4 heteroatoms. The summed E-state index contributed by atoms with van der Waals surface area (Å²) in [4.78, 5) is 24.2. The molecule has 0 unspecified atom stereocenters. The Hall–Kier alpha value is -1.32. The average Bonchev–Trinajstić information content (AvgIpc) is 2.24. The predicted octanol–water partition coefficient (Wildman–Crippen LogP) is 2.02. The fraction of sp³-hybridized carbons (Fsp3) is 0.714. The van der Waals surface area contributed by atoms with Crippen LogP contribution in [-0.2, 0) is 13.1 Å². The second-order valence-corrected chi connectivity index (χ2v) is 5.78. The maximum absolute atomic E-state index is 12.2. The zero-order valence-electron chi connectivity index (χ0n) is 12.1. The molecule has 0 radical (unpaired) electrons. The minimum Gasteiger partial charge on any atom is -0.300 e. The summed E-state index contributed by atoms with van der Waals surface area (Å²) in [5.74, 6) is 0.869. The number of aromatic nitrogens is 2. The Labute approximate surface area is 108 Å². The molecule has 0 amide bonds. The summed E-state index contributed by atoms with van der Waals surface area (Å²) >= 11 is 0. The molecule has 0 spiro atoms. The molecule has 1 aromatic rings. The van der Waals surface area contributed by atoms with Crippen LogP contribution in [0, 0.1) is 18.8 Å². The van der Waals surface area contributed by atoms with Crippen molar-refractivity contribution in [2.75, 3.05) is 0 Å². The highest BCUT2D eigenvalue weighted by molar-refractivity contribution is 5.02. The first-order valence-corrected chi connectivity index (χ1v) is 6.63. The Kier molecular flexibility index (Phi) is 4.93. The number of hydrogen-bond donors (Lipinski definition) is 0. The quantitative estimate of drug-likeness (QED) is 0.804. The van der Waals surface area contributed by atoms with E-state index in [1.165, 1.54) is 4.57 Å². The summed E-state index contributed by atoms with van der Waals surface area (Å²) in [6.45, 7) is 11.2. The molecule has 0 bridgehead atoms. The van der Waals surface area contributed by atoms with Gasteiger partial charge in [0.25, 0.3) is 5.56 Å².